The van der Waals surface area contributed by atoms with Gasteiger partial charge in [0.1, 0.15) is 17.4 Å². The summed E-state index contributed by atoms with van der Waals surface area (Å²) in [7, 11) is 0. The Hall–Kier alpha value is -4.07. The van der Waals surface area contributed by atoms with Crippen molar-refractivity contribution in [1.29, 1.82) is 0 Å². The van der Waals surface area contributed by atoms with Crippen LogP contribution >= 0.6 is 0 Å². The highest BCUT2D eigenvalue weighted by molar-refractivity contribution is 6.04. The van der Waals surface area contributed by atoms with Gasteiger partial charge in [0.15, 0.2) is 0 Å². The standard InChI is InChI=1S/C40H40N6O/c47-38-27-12-13-28(38)37-26(33-19-43-39(46-33)30-3-1-15-41-30)11-10-25(36(27)37)24-9-8-23(34-21-5-6-22(17-21)35(24)34)20-7-14-29-32(18-20)45-40(44-29)31-4-2-16-42-31/h7-11,14,18-19,21-22,27-28,30-31,41-42H,1-6,12-13,15-17H2,(H,43,46)(H,44,45). The molecule has 0 amide bonds. The molecule has 11 rings (SSSR count). The van der Waals surface area contributed by atoms with Crippen LogP contribution in [-0.4, -0.2) is 38.8 Å². The molecular weight excluding hydrogens is 580 g/mol. The van der Waals surface area contributed by atoms with Crippen LogP contribution < -0.4 is 10.6 Å². The lowest BCUT2D eigenvalue weighted by Gasteiger charge is -2.26. The molecule has 4 heterocycles. The van der Waals surface area contributed by atoms with Gasteiger partial charge in [0.05, 0.1) is 35.0 Å². The molecule has 6 aliphatic rings. The quantitative estimate of drug-likeness (QED) is 0.159. The predicted octanol–water partition coefficient (Wildman–Crippen LogP) is 8.04. The van der Waals surface area contributed by atoms with Crippen molar-refractivity contribution in [2.24, 2.45) is 0 Å². The highest BCUT2D eigenvalue weighted by atomic mass is 16.1. The summed E-state index contributed by atoms with van der Waals surface area (Å²) in [5.41, 5.74) is 15.4. The number of H-pyrrole nitrogens is 2. The molecule has 0 radical (unpaired) electrons. The number of rotatable bonds is 5. The van der Waals surface area contributed by atoms with Crippen LogP contribution in [0.1, 0.15) is 127 Å². The predicted molar refractivity (Wildman–Crippen MR) is 184 cm³/mol. The number of ketones is 1. The third-order valence-electron chi connectivity index (χ3n) is 12.7. The Balaban J connectivity index is 1.04. The summed E-state index contributed by atoms with van der Waals surface area (Å²) in [6.45, 7) is 2.11. The van der Waals surface area contributed by atoms with Crippen LogP contribution in [0, 0.1) is 0 Å². The van der Waals surface area contributed by atoms with Crippen LogP contribution in [0.25, 0.3) is 44.5 Å². The van der Waals surface area contributed by atoms with Gasteiger partial charge in [0.2, 0.25) is 0 Å². The van der Waals surface area contributed by atoms with Crippen LogP contribution in [0.4, 0.5) is 0 Å². The van der Waals surface area contributed by atoms with Crippen LogP contribution in [0.2, 0.25) is 0 Å². The minimum Gasteiger partial charge on any atom is -0.341 e. The summed E-state index contributed by atoms with van der Waals surface area (Å²) >= 11 is 0. The van der Waals surface area contributed by atoms with Gasteiger partial charge in [-0.25, -0.2) is 9.97 Å². The fourth-order valence-corrected chi connectivity index (χ4v) is 10.6. The Bertz CT molecular complexity index is 2110. The number of carbonyl (C=O) groups excluding carboxylic acids is 1. The molecule has 4 fully saturated rings. The van der Waals surface area contributed by atoms with Crippen molar-refractivity contribution in [1.82, 2.24) is 30.6 Å². The second-order valence-corrected chi connectivity index (χ2v) is 15.1. The van der Waals surface area contributed by atoms with E-state index in [1.54, 1.807) is 11.1 Å². The van der Waals surface area contributed by atoms with E-state index in [4.69, 9.17) is 9.97 Å². The maximum absolute atomic E-state index is 13.8. The van der Waals surface area contributed by atoms with Gasteiger partial charge >= 0.3 is 0 Å². The van der Waals surface area contributed by atoms with E-state index in [0.717, 1.165) is 67.1 Å². The molecule has 4 bridgehead atoms. The number of hydrogen-bond acceptors (Lipinski definition) is 5. The molecule has 0 spiro atoms. The number of hydrogen-bond donors (Lipinski definition) is 4. The third kappa shape index (κ3) is 3.84. The number of carbonyl (C=O) groups is 1. The maximum atomic E-state index is 13.8. The molecule has 6 atom stereocenters. The fourth-order valence-electron chi connectivity index (χ4n) is 10.6. The summed E-state index contributed by atoms with van der Waals surface area (Å²) < 4.78 is 0. The van der Waals surface area contributed by atoms with Crippen LogP contribution in [0.3, 0.4) is 0 Å². The summed E-state index contributed by atoms with van der Waals surface area (Å²) in [6, 6.07) is 16.8. The third-order valence-corrected chi connectivity index (χ3v) is 12.7. The zero-order valence-electron chi connectivity index (χ0n) is 26.7. The van der Waals surface area contributed by atoms with Crippen molar-refractivity contribution in [3.8, 4) is 33.5 Å². The molecular formula is C40H40N6O. The molecule has 236 valence electrons. The van der Waals surface area contributed by atoms with Crippen LogP contribution in [0.5, 0.6) is 0 Å². The van der Waals surface area contributed by atoms with Gasteiger partial charge in [0.25, 0.3) is 0 Å². The Morgan fingerprint density at radius 2 is 1.30 bits per heavy atom. The monoisotopic (exact) mass is 620 g/mol. The van der Waals surface area contributed by atoms with E-state index >= 15 is 0 Å². The first-order valence-electron chi connectivity index (χ1n) is 18.1. The summed E-state index contributed by atoms with van der Waals surface area (Å²) in [5, 5.41) is 7.16. The second-order valence-electron chi connectivity index (χ2n) is 15.1. The number of nitrogens with zero attached hydrogens (tertiary/aromatic N) is 2. The molecule has 2 saturated heterocycles. The van der Waals surface area contributed by atoms with E-state index in [0.29, 0.717) is 29.7 Å². The summed E-state index contributed by atoms with van der Waals surface area (Å²) in [4.78, 5) is 30.8. The number of Topliss-reactive ketones (excluding diaryl/α,β-unsaturated/α-hetero) is 1. The smallest absolute Gasteiger partial charge is 0.147 e. The van der Waals surface area contributed by atoms with Gasteiger partial charge in [-0.15, -0.1) is 0 Å². The normalized spacial score (nSPS) is 28.6. The highest BCUT2D eigenvalue weighted by Crippen LogP contribution is 2.61. The van der Waals surface area contributed by atoms with Crippen molar-refractivity contribution in [2.45, 2.75) is 93.5 Å². The Morgan fingerprint density at radius 3 is 2.04 bits per heavy atom. The molecule has 7 heteroatoms. The Kier molecular flexibility index (Phi) is 5.72. The lowest BCUT2D eigenvalue weighted by atomic mass is 9.77. The Labute approximate surface area is 274 Å². The molecule has 2 saturated carbocycles. The SMILES string of the molecule is O=C1C2CCC1c1c(-c3ccc(-c4ccc5nc(C6CCCN6)[nH]c5c4)c4c3C3CCC4C3)ccc(-c3cnc(C4CCCN4)[nH]3)c12. The first kappa shape index (κ1) is 26.9. The van der Waals surface area contributed by atoms with Crippen molar-refractivity contribution < 1.29 is 4.79 Å². The molecule has 4 N–H and O–H groups in total. The fraction of sp³-hybridized carbons (Fsp3) is 0.425. The number of fused-ring (bicyclic) bond motifs is 11. The minimum atomic E-state index is 0.00975. The zero-order chi connectivity index (χ0) is 30.8. The van der Waals surface area contributed by atoms with Crippen molar-refractivity contribution in [3.05, 3.63) is 82.6 Å². The van der Waals surface area contributed by atoms with Crippen molar-refractivity contribution in [3.63, 3.8) is 0 Å². The summed E-state index contributed by atoms with van der Waals surface area (Å²) in [5.74, 6) is 3.75. The largest absolute Gasteiger partial charge is 0.341 e. The molecule has 6 unspecified atom stereocenters. The van der Waals surface area contributed by atoms with Gasteiger partial charge in [0, 0.05) is 17.4 Å². The first-order chi connectivity index (χ1) is 23.2. The van der Waals surface area contributed by atoms with Gasteiger partial charge in [-0.2, -0.15) is 0 Å². The number of aromatic nitrogens is 4. The minimum absolute atomic E-state index is 0.00975. The van der Waals surface area contributed by atoms with Gasteiger partial charge in [-0.3, -0.25) is 4.79 Å². The zero-order valence-corrected chi connectivity index (χ0v) is 26.7. The van der Waals surface area contributed by atoms with Crippen LogP contribution in [-0.2, 0) is 4.79 Å². The maximum Gasteiger partial charge on any atom is 0.147 e. The molecule has 7 nitrogen and oxygen atoms in total. The average Bonchev–Trinajstić information content (AvgIpc) is 3.95. The van der Waals surface area contributed by atoms with Crippen molar-refractivity contribution >= 4 is 16.8 Å². The first-order valence-corrected chi connectivity index (χ1v) is 18.1. The lowest BCUT2D eigenvalue weighted by molar-refractivity contribution is -0.119. The van der Waals surface area contributed by atoms with Gasteiger partial charge in [-0.05, 0) is 139 Å². The van der Waals surface area contributed by atoms with Gasteiger partial charge < -0.3 is 20.6 Å². The number of imidazole rings is 2. The molecule has 47 heavy (non-hydrogen) atoms. The van der Waals surface area contributed by atoms with Gasteiger partial charge in [-0.1, -0.05) is 30.3 Å². The lowest BCUT2D eigenvalue weighted by Crippen LogP contribution is -2.14. The topological polar surface area (TPSA) is 98.5 Å². The van der Waals surface area contributed by atoms with E-state index in [2.05, 4.69) is 63.1 Å². The van der Waals surface area contributed by atoms with E-state index in [-0.39, 0.29) is 11.8 Å². The van der Waals surface area contributed by atoms with Crippen molar-refractivity contribution in [2.75, 3.05) is 13.1 Å². The highest BCUT2D eigenvalue weighted by Gasteiger charge is 2.49. The molecule has 3 aromatic carbocycles. The number of nitrogens with one attached hydrogen (secondary N) is 4. The van der Waals surface area contributed by atoms with E-state index < -0.39 is 0 Å². The Morgan fingerprint density at radius 1 is 0.638 bits per heavy atom. The molecule has 2 aliphatic heterocycles. The average molecular weight is 621 g/mol. The van der Waals surface area contributed by atoms with Crippen LogP contribution in [0.15, 0.2) is 48.7 Å². The number of aromatic amines is 2. The van der Waals surface area contributed by atoms with E-state index in [1.807, 2.05) is 6.20 Å². The number of benzene rings is 3. The molecule has 2 aromatic heterocycles. The summed E-state index contributed by atoms with van der Waals surface area (Å²) in [6.07, 6.45) is 12.4. The molecule has 4 aliphatic carbocycles. The van der Waals surface area contributed by atoms with E-state index in [1.165, 1.54) is 71.0 Å². The molecule has 5 aromatic rings. The second kappa shape index (κ2) is 9.97. The van der Waals surface area contributed by atoms with E-state index in [9.17, 15) is 4.79 Å².